The van der Waals surface area contributed by atoms with Crippen LogP contribution in [0, 0.1) is 12.8 Å². The normalized spacial score (nSPS) is 12.6. The topological polar surface area (TPSA) is 96.2 Å². The zero-order valence-corrected chi connectivity index (χ0v) is 18.9. The number of benzene rings is 2. The molecule has 0 saturated heterocycles. The highest BCUT2D eigenvalue weighted by Crippen LogP contribution is 2.20. The number of rotatable bonds is 11. The van der Waals surface area contributed by atoms with E-state index < -0.39 is 10.1 Å². The maximum Gasteiger partial charge on any atom is 0.296 e. The van der Waals surface area contributed by atoms with Crippen molar-refractivity contribution >= 4 is 10.1 Å². The first-order valence-corrected chi connectivity index (χ1v) is 11.8. The second-order valence-electron chi connectivity index (χ2n) is 7.45. The van der Waals surface area contributed by atoms with Crippen LogP contribution in [0.15, 0.2) is 53.4 Å². The van der Waals surface area contributed by atoms with Crippen LogP contribution in [0.1, 0.15) is 32.3 Å². The number of aryl methyl sites for hydroxylation is 2. The van der Waals surface area contributed by atoms with Crippen molar-refractivity contribution in [2.75, 3.05) is 13.2 Å². The molecule has 1 unspecified atom stereocenters. The number of ether oxygens (including phenoxy) is 1. The molecule has 1 aromatic heterocycles. The Morgan fingerprint density at radius 2 is 1.68 bits per heavy atom. The molecule has 0 amide bonds. The Bertz CT molecular complexity index is 1060. The van der Waals surface area contributed by atoms with E-state index in [0.29, 0.717) is 25.4 Å². The molecule has 1 atom stereocenters. The fourth-order valence-electron chi connectivity index (χ4n) is 2.85. The van der Waals surface area contributed by atoms with E-state index in [1.54, 1.807) is 24.3 Å². The molecule has 9 heteroatoms. The third-order valence-corrected chi connectivity index (χ3v) is 6.21. The first kappa shape index (κ1) is 22.9. The van der Waals surface area contributed by atoms with Crippen LogP contribution in [0.2, 0.25) is 0 Å². The van der Waals surface area contributed by atoms with E-state index in [4.69, 9.17) is 8.92 Å². The van der Waals surface area contributed by atoms with Gasteiger partial charge in [0.1, 0.15) is 5.75 Å². The number of aromatic nitrogens is 4. The molecule has 166 valence electrons. The second kappa shape index (κ2) is 10.5. The molecule has 3 rings (SSSR count). The van der Waals surface area contributed by atoms with Gasteiger partial charge in [-0.3, -0.25) is 4.18 Å². The van der Waals surface area contributed by atoms with E-state index in [2.05, 4.69) is 22.3 Å². The van der Waals surface area contributed by atoms with Gasteiger partial charge < -0.3 is 4.74 Å². The Morgan fingerprint density at radius 3 is 2.32 bits per heavy atom. The van der Waals surface area contributed by atoms with Crippen molar-refractivity contribution in [2.24, 2.45) is 5.92 Å². The van der Waals surface area contributed by atoms with Gasteiger partial charge in [-0.25, -0.2) is 0 Å². The number of hydrogen-bond donors (Lipinski definition) is 0. The smallest absolute Gasteiger partial charge is 0.296 e. The molecule has 0 bridgehead atoms. The highest BCUT2D eigenvalue weighted by molar-refractivity contribution is 7.86. The standard InChI is InChI=1S/C22H28N4O4S/c1-4-26-24-22(23-25-26)19-7-9-20(10-8-19)29-15-13-18(3)14-16-30-31(27,28)21-11-5-17(2)6-12-21/h5-12,18H,4,13-16H2,1-3H3. The molecular formula is C22H28N4O4S. The van der Waals surface area contributed by atoms with E-state index in [-0.39, 0.29) is 17.4 Å². The maximum absolute atomic E-state index is 12.2. The van der Waals surface area contributed by atoms with Gasteiger partial charge >= 0.3 is 0 Å². The van der Waals surface area contributed by atoms with E-state index in [0.717, 1.165) is 23.3 Å². The van der Waals surface area contributed by atoms with Gasteiger partial charge in [0, 0.05) is 5.56 Å². The Balaban J connectivity index is 1.39. The summed E-state index contributed by atoms with van der Waals surface area (Å²) in [4.78, 5) is 1.72. The molecule has 1 heterocycles. The van der Waals surface area contributed by atoms with Crippen molar-refractivity contribution in [3.05, 3.63) is 54.1 Å². The quantitative estimate of drug-likeness (QED) is 0.414. The summed E-state index contributed by atoms with van der Waals surface area (Å²) in [6, 6.07) is 14.2. The van der Waals surface area contributed by atoms with Gasteiger partial charge in [0.25, 0.3) is 10.1 Å². The average Bonchev–Trinajstić information content (AvgIpc) is 3.24. The van der Waals surface area contributed by atoms with Crippen LogP contribution in [-0.2, 0) is 20.8 Å². The Hall–Kier alpha value is -2.78. The molecular weight excluding hydrogens is 416 g/mol. The molecule has 0 N–H and O–H groups in total. The molecule has 0 spiro atoms. The van der Waals surface area contributed by atoms with Crippen LogP contribution in [0.3, 0.4) is 0 Å². The molecule has 0 aliphatic heterocycles. The van der Waals surface area contributed by atoms with Gasteiger partial charge in [-0.1, -0.05) is 24.6 Å². The minimum absolute atomic E-state index is 0.150. The molecule has 0 fully saturated rings. The SMILES string of the molecule is CCn1nnc(-c2ccc(OCCC(C)CCOS(=O)(=O)c3ccc(C)cc3)cc2)n1. The Kier molecular flexibility index (Phi) is 7.75. The summed E-state index contributed by atoms with van der Waals surface area (Å²) in [5.74, 6) is 1.61. The van der Waals surface area contributed by atoms with E-state index in [1.807, 2.05) is 38.1 Å². The lowest BCUT2D eigenvalue weighted by Gasteiger charge is -2.13. The van der Waals surface area contributed by atoms with Gasteiger partial charge in [-0.15, -0.1) is 10.2 Å². The monoisotopic (exact) mass is 444 g/mol. The van der Waals surface area contributed by atoms with Crippen LogP contribution in [0.25, 0.3) is 11.4 Å². The lowest BCUT2D eigenvalue weighted by atomic mass is 10.1. The highest BCUT2D eigenvalue weighted by atomic mass is 32.2. The van der Waals surface area contributed by atoms with Crippen molar-refractivity contribution in [1.29, 1.82) is 0 Å². The predicted octanol–water partition coefficient (Wildman–Crippen LogP) is 3.87. The van der Waals surface area contributed by atoms with Crippen molar-refractivity contribution in [2.45, 2.75) is 45.1 Å². The zero-order chi connectivity index (χ0) is 22.3. The fraction of sp³-hybridized carbons (Fsp3) is 0.409. The van der Waals surface area contributed by atoms with Crippen LogP contribution >= 0.6 is 0 Å². The Morgan fingerprint density at radius 1 is 1.00 bits per heavy atom. The van der Waals surface area contributed by atoms with Crippen LogP contribution in [-0.4, -0.2) is 41.8 Å². The third-order valence-electron chi connectivity index (χ3n) is 4.89. The molecule has 31 heavy (non-hydrogen) atoms. The minimum Gasteiger partial charge on any atom is -0.494 e. The van der Waals surface area contributed by atoms with Crippen molar-refractivity contribution in [1.82, 2.24) is 20.2 Å². The zero-order valence-electron chi connectivity index (χ0n) is 18.1. The van der Waals surface area contributed by atoms with Crippen LogP contribution < -0.4 is 4.74 Å². The molecule has 0 aliphatic carbocycles. The van der Waals surface area contributed by atoms with Gasteiger partial charge in [-0.05, 0) is 74.2 Å². The molecule has 3 aromatic rings. The maximum atomic E-state index is 12.2. The van der Waals surface area contributed by atoms with Crippen molar-refractivity contribution < 1.29 is 17.3 Å². The van der Waals surface area contributed by atoms with Crippen LogP contribution in [0.5, 0.6) is 5.75 Å². The lowest BCUT2D eigenvalue weighted by molar-refractivity contribution is 0.247. The van der Waals surface area contributed by atoms with E-state index in [1.165, 1.54) is 4.80 Å². The average molecular weight is 445 g/mol. The summed E-state index contributed by atoms with van der Waals surface area (Å²) in [6.45, 7) is 7.28. The molecule has 0 radical (unpaired) electrons. The molecule has 0 aliphatic rings. The van der Waals surface area contributed by atoms with E-state index in [9.17, 15) is 8.42 Å². The largest absolute Gasteiger partial charge is 0.494 e. The summed E-state index contributed by atoms with van der Waals surface area (Å²) in [6.07, 6.45) is 1.42. The fourth-order valence-corrected chi connectivity index (χ4v) is 3.77. The van der Waals surface area contributed by atoms with Crippen molar-refractivity contribution in [3.63, 3.8) is 0 Å². The highest BCUT2D eigenvalue weighted by Gasteiger charge is 2.15. The first-order chi connectivity index (χ1) is 14.9. The predicted molar refractivity (Wildman–Crippen MR) is 117 cm³/mol. The Labute approximate surface area is 183 Å². The third kappa shape index (κ3) is 6.60. The first-order valence-electron chi connectivity index (χ1n) is 10.3. The van der Waals surface area contributed by atoms with E-state index >= 15 is 0 Å². The second-order valence-corrected chi connectivity index (χ2v) is 9.06. The van der Waals surface area contributed by atoms with Gasteiger partial charge in [0.05, 0.1) is 24.7 Å². The summed E-state index contributed by atoms with van der Waals surface area (Å²) < 4.78 is 35.4. The summed E-state index contributed by atoms with van der Waals surface area (Å²) in [7, 11) is -3.71. The molecule has 0 saturated carbocycles. The minimum atomic E-state index is -3.71. The van der Waals surface area contributed by atoms with Gasteiger partial charge in [0.15, 0.2) is 0 Å². The molecule has 2 aromatic carbocycles. The number of hydrogen-bond acceptors (Lipinski definition) is 7. The summed E-state index contributed by atoms with van der Waals surface area (Å²) >= 11 is 0. The summed E-state index contributed by atoms with van der Waals surface area (Å²) in [5.41, 5.74) is 1.88. The van der Waals surface area contributed by atoms with Crippen molar-refractivity contribution in [3.8, 4) is 17.1 Å². The number of nitrogens with zero attached hydrogens (tertiary/aromatic N) is 4. The number of tetrazole rings is 1. The van der Waals surface area contributed by atoms with Gasteiger partial charge in [0.2, 0.25) is 5.82 Å². The van der Waals surface area contributed by atoms with Gasteiger partial charge in [-0.2, -0.15) is 13.2 Å². The lowest BCUT2D eigenvalue weighted by Crippen LogP contribution is -2.11. The molecule has 8 nitrogen and oxygen atoms in total. The van der Waals surface area contributed by atoms with Crippen LogP contribution in [0.4, 0.5) is 0 Å². The summed E-state index contributed by atoms with van der Waals surface area (Å²) in [5, 5.41) is 12.3.